The number of hydrogen-bond donors (Lipinski definition) is 1. The fourth-order valence-corrected chi connectivity index (χ4v) is 2.94. The SMILES string of the molecule is C/C(=N\OC(C)c1ccc(C)cc1)c1cc(C)ccc1NS(=O)(=O)C(F)(F)F. The number of alkyl halides is 3. The molecule has 0 aromatic heterocycles. The van der Waals surface area contributed by atoms with Crippen molar-refractivity contribution in [2.45, 2.75) is 39.3 Å². The van der Waals surface area contributed by atoms with Crippen molar-refractivity contribution in [2.75, 3.05) is 4.72 Å². The second-order valence-electron chi connectivity index (χ2n) is 6.44. The van der Waals surface area contributed by atoms with Gasteiger partial charge in [-0.05, 0) is 45.4 Å². The van der Waals surface area contributed by atoms with Gasteiger partial charge in [-0.3, -0.25) is 4.72 Å². The summed E-state index contributed by atoms with van der Waals surface area (Å²) in [6.45, 7) is 7.00. The third-order valence-electron chi connectivity index (χ3n) is 4.01. The molecule has 0 aliphatic heterocycles. The highest BCUT2D eigenvalue weighted by Crippen LogP contribution is 2.28. The Bertz CT molecular complexity index is 969. The molecule has 5 nitrogen and oxygen atoms in total. The molecule has 2 aromatic rings. The summed E-state index contributed by atoms with van der Waals surface area (Å²) >= 11 is 0. The molecule has 0 bridgehead atoms. The summed E-state index contributed by atoms with van der Waals surface area (Å²) in [5.74, 6) is 0. The largest absolute Gasteiger partial charge is 0.516 e. The van der Waals surface area contributed by atoms with Gasteiger partial charge in [0.05, 0.1) is 11.4 Å². The van der Waals surface area contributed by atoms with Crippen LogP contribution in [0.25, 0.3) is 0 Å². The average Bonchev–Trinajstić information content (AvgIpc) is 2.60. The molecule has 1 atom stereocenters. The molecule has 1 N–H and O–H groups in total. The summed E-state index contributed by atoms with van der Waals surface area (Å²) in [5.41, 5.74) is -2.51. The lowest BCUT2D eigenvalue weighted by Gasteiger charge is -2.15. The maximum atomic E-state index is 12.7. The Balaban J connectivity index is 2.29. The smallest absolute Gasteiger partial charge is 0.388 e. The van der Waals surface area contributed by atoms with E-state index in [1.165, 1.54) is 25.1 Å². The molecule has 0 aliphatic carbocycles. The zero-order chi connectivity index (χ0) is 21.1. The number of benzene rings is 2. The van der Waals surface area contributed by atoms with Gasteiger partial charge >= 0.3 is 15.5 Å². The molecule has 0 aliphatic rings. The van der Waals surface area contributed by atoms with Gasteiger partial charge < -0.3 is 4.84 Å². The number of rotatable bonds is 6. The van der Waals surface area contributed by atoms with E-state index in [0.29, 0.717) is 0 Å². The van der Waals surface area contributed by atoms with E-state index in [1.807, 2.05) is 31.2 Å². The Morgan fingerprint density at radius 3 is 2.21 bits per heavy atom. The van der Waals surface area contributed by atoms with E-state index in [1.54, 1.807) is 18.6 Å². The van der Waals surface area contributed by atoms with Gasteiger partial charge in [0.2, 0.25) is 0 Å². The summed E-state index contributed by atoms with van der Waals surface area (Å²) in [4.78, 5) is 5.46. The number of anilines is 1. The van der Waals surface area contributed by atoms with E-state index < -0.39 is 21.6 Å². The van der Waals surface area contributed by atoms with Crippen LogP contribution in [0.2, 0.25) is 0 Å². The molecule has 0 amide bonds. The van der Waals surface area contributed by atoms with Crippen molar-refractivity contribution >= 4 is 21.4 Å². The fourth-order valence-electron chi connectivity index (χ4n) is 2.35. The predicted molar refractivity (Wildman–Crippen MR) is 103 cm³/mol. The molecular formula is C19H21F3N2O3S. The Morgan fingerprint density at radius 1 is 1.07 bits per heavy atom. The van der Waals surface area contributed by atoms with Crippen molar-refractivity contribution < 1.29 is 26.4 Å². The Kier molecular flexibility index (Phi) is 6.38. The second kappa shape index (κ2) is 8.22. The monoisotopic (exact) mass is 414 g/mol. The van der Waals surface area contributed by atoms with Crippen LogP contribution in [0.3, 0.4) is 0 Å². The quantitative estimate of drug-likeness (QED) is 0.530. The summed E-state index contributed by atoms with van der Waals surface area (Å²) < 4.78 is 62.6. The molecule has 0 saturated heterocycles. The molecule has 1 unspecified atom stereocenters. The van der Waals surface area contributed by atoms with Gasteiger partial charge in [0.1, 0.15) is 6.10 Å². The number of halogens is 3. The number of oxime groups is 1. The first kappa shape index (κ1) is 21.7. The van der Waals surface area contributed by atoms with Crippen LogP contribution in [0.4, 0.5) is 18.9 Å². The summed E-state index contributed by atoms with van der Waals surface area (Å²) in [5, 5.41) is 3.99. The minimum absolute atomic E-state index is 0.198. The van der Waals surface area contributed by atoms with Gasteiger partial charge in [0.15, 0.2) is 0 Å². The van der Waals surface area contributed by atoms with Crippen LogP contribution in [0.5, 0.6) is 0 Å². The lowest BCUT2D eigenvalue weighted by molar-refractivity contribution is -0.0429. The number of nitrogens with zero attached hydrogens (tertiary/aromatic N) is 1. The number of hydrogen-bond acceptors (Lipinski definition) is 4. The number of nitrogens with one attached hydrogen (secondary N) is 1. The highest BCUT2D eigenvalue weighted by Gasteiger charge is 2.46. The maximum Gasteiger partial charge on any atom is 0.516 e. The molecule has 0 fully saturated rings. The van der Waals surface area contributed by atoms with E-state index in [9.17, 15) is 21.6 Å². The lowest BCUT2D eigenvalue weighted by atomic mass is 10.1. The van der Waals surface area contributed by atoms with E-state index in [0.717, 1.165) is 16.7 Å². The summed E-state index contributed by atoms with van der Waals surface area (Å²) in [6, 6.07) is 11.9. The van der Waals surface area contributed by atoms with Crippen LogP contribution in [0.15, 0.2) is 47.6 Å². The second-order valence-corrected chi connectivity index (χ2v) is 8.11. The van der Waals surface area contributed by atoms with Gasteiger partial charge in [0, 0.05) is 5.56 Å². The molecule has 2 aromatic carbocycles. The van der Waals surface area contributed by atoms with E-state index in [4.69, 9.17) is 4.84 Å². The average molecular weight is 414 g/mol. The molecule has 9 heteroatoms. The van der Waals surface area contributed by atoms with Gasteiger partial charge in [0.25, 0.3) is 0 Å². The van der Waals surface area contributed by atoms with Gasteiger partial charge in [-0.25, -0.2) is 0 Å². The van der Waals surface area contributed by atoms with Crippen LogP contribution >= 0.6 is 0 Å². The van der Waals surface area contributed by atoms with Crippen LogP contribution in [0.1, 0.15) is 42.2 Å². The number of sulfonamides is 1. The minimum Gasteiger partial charge on any atom is -0.388 e. The van der Waals surface area contributed by atoms with Crippen molar-refractivity contribution in [3.05, 3.63) is 64.7 Å². The first-order valence-corrected chi connectivity index (χ1v) is 9.86. The molecular weight excluding hydrogens is 393 g/mol. The molecule has 0 radical (unpaired) electrons. The molecule has 0 spiro atoms. The Labute approximate surface area is 162 Å². The highest BCUT2D eigenvalue weighted by molar-refractivity contribution is 7.93. The normalized spacial score (nSPS) is 13.9. The fraction of sp³-hybridized carbons (Fsp3) is 0.316. The minimum atomic E-state index is -5.54. The first-order valence-electron chi connectivity index (χ1n) is 8.38. The highest BCUT2D eigenvalue weighted by atomic mass is 32.2. The van der Waals surface area contributed by atoms with Crippen molar-refractivity contribution in [2.24, 2.45) is 5.16 Å². The van der Waals surface area contributed by atoms with Gasteiger partial charge in [-0.1, -0.05) is 46.6 Å². The third-order valence-corrected chi connectivity index (χ3v) is 5.11. The zero-order valence-electron chi connectivity index (χ0n) is 15.8. The molecule has 2 rings (SSSR count). The van der Waals surface area contributed by atoms with Crippen molar-refractivity contribution in [3.63, 3.8) is 0 Å². The van der Waals surface area contributed by atoms with Gasteiger partial charge in [-0.15, -0.1) is 0 Å². The zero-order valence-corrected chi connectivity index (χ0v) is 16.6. The van der Waals surface area contributed by atoms with Crippen molar-refractivity contribution in [1.82, 2.24) is 0 Å². The van der Waals surface area contributed by atoms with E-state index in [2.05, 4.69) is 5.16 Å². The molecule has 152 valence electrons. The topological polar surface area (TPSA) is 67.8 Å². The van der Waals surface area contributed by atoms with Gasteiger partial charge in [-0.2, -0.15) is 21.6 Å². The molecule has 0 heterocycles. The van der Waals surface area contributed by atoms with Crippen LogP contribution < -0.4 is 4.72 Å². The first-order chi connectivity index (χ1) is 12.9. The standard InChI is InChI=1S/C19H21F3N2O3S/c1-12-5-8-16(9-6-12)15(4)27-23-14(3)17-11-13(2)7-10-18(17)24-28(25,26)19(20,21)22/h5-11,15,24H,1-4H3/b23-14+. The lowest BCUT2D eigenvalue weighted by Crippen LogP contribution is -2.30. The Morgan fingerprint density at radius 2 is 1.64 bits per heavy atom. The number of aryl methyl sites for hydroxylation is 2. The van der Waals surface area contributed by atoms with Crippen LogP contribution in [-0.2, 0) is 14.9 Å². The van der Waals surface area contributed by atoms with E-state index >= 15 is 0 Å². The Hall–Kier alpha value is -2.55. The maximum absolute atomic E-state index is 12.7. The molecule has 0 saturated carbocycles. The molecule has 28 heavy (non-hydrogen) atoms. The predicted octanol–water partition coefficient (Wildman–Crippen LogP) is 5.07. The third kappa shape index (κ3) is 5.25. The summed E-state index contributed by atoms with van der Waals surface area (Å²) in [7, 11) is -5.54. The van der Waals surface area contributed by atoms with Crippen molar-refractivity contribution in [3.8, 4) is 0 Å². The van der Waals surface area contributed by atoms with Crippen LogP contribution in [0, 0.1) is 13.8 Å². The van der Waals surface area contributed by atoms with E-state index in [-0.39, 0.29) is 17.0 Å². The van der Waals surface area contributed by atoms with Crippen LogP contribution in [-0.4, -0.2) is 19.6 Å². The summed E-state index contributed by atoms with van der Waals surface area (Å²) in [6.07, 6.45) is -0.393. The van der Waals surface area contributed by atoms with Crippen molar-refractivity contribution in [1.29, 1.82) is 0 Å².